The van der Waals surface area contributed by atoms with Crippen LogP contribution >= 0.6 is 0 Å². The van der Waals surface area contributed by atoms with E-state index in [1.165, 1.54) is 19.2 Å². The summed E-state index contributed by atoms with van der Waals surface area (Å²) in [7, 11) is 1.33. The molecule has 1 aliphatic rings. The molecule has 0 saturated carbocycles. The molecule has 1 aliphatic heterocycles. The molecular formula is C26H30F3N5O5. The van der Waals surface area contributed by atoms with Crippen molar-refractivity contribution in [1.82, 2.24) is 19.8 Å². The molecule has 3 aromatic rings. The van der Waals surface area contributed by atoms with Crippen molar-refractivity contribution in [2.24, 2.45) is 5.73 Å². The highest BCUT2D eigenvalue weighted by molar-refractivity contribution is 5.98. The molecule has 2 N–H and O–H groups in total. The highest BCUT2D eigenvalue weighted by atomic mass is 19.4. The Morgan fingerprint density at radius 3 is 2.44 bits per heavy atom. The molecule has 13 heteroatoms. The van der Waals surface area contributed by atoms with Crippen LogP contribution < -0.4 is 10.5 Å². The molecule has 1 saturated heterocycles. The maximum Gasteiger partial charge on any atom is 0.433 e. The third-order valence-corrected chi connectivity index (χ3v) is 6.19. The summed E-state index contributed by atoms with van der Waals surface area (Å²) in [6.07, 6.45) is -5.10. The Hall–Kier alpha value is -3.87. The molecule has 10 nitrogen and oxygen atoms in total. The topological polar surface area (TPSA) is 124 Å². The molecule has 4 rings (SSSR count). The lowest BCUT2D eigenvalue weighted by atomic mass is 10.1. The zero-order chi connectivity index (χ0) is 28.7. The number of carbonyl (C=O) groups is 2. The summed E-state index contributed by atoms with van der Waals surface area (Å²) >= 11 is 0. The highest BCUT2D eigenvalue weighted by Crippen LogP contribution is 2.37. The van der Waals surface area contributed by atoms with Crippen LogP contribution in [0.15, 0.2) is 28.7 Å². The number of hydrogen-bond acceptors (Lipinski definition) is 8. The van der Waals surface area contributed by atoms with E-state index in [4.69, 9.17) is 19.6 Å². The van der Waals surface area contributed by atoms with Crippen molar-refractivity contribution in [2.45, 2.75) is 52.1 Å². The number of rotatable bonds is 4. The first-order valence-corrected chi connectivity index (χ1v) is 12.3. The first-order chi connectivity index (χ1) is 18.2. The van der Waals surface area contributed by atoms with Gasteiger partial charge >= 0.3 is 12.3 Å². The molecule has 0 radical (unpaired) electrons. The zero-order valence-electron chi connectivity index (χ0n) is 22.3. The van der Waals surface area contributed by atoms with Gasteiger partial charge in [0.05, 0.1) is 13.7 Å². The Kier molecular flexibility index (Phi) is 7.48. The predicted molar refractivity (Wildman–Crippen MR) is 135 cm³/mol. The van der Waals surface area contributed by atoms with Crippen molar-refractivity contribution in [2.75, 3.05) is 26.7 Å². The van der Waals surface area contributed by atoms with Crippen LogP contribution in [0.4, 0.5) is 18.0 Å². The average molecular weight is 550 g/mol. The smallest absolute Gasteiger partial charge is 0.433 e. The molecule has 1 atom stereocenters. The number of benzene rings is 1. The second-order valence-electron chi connectivity index (χ2n) is 10.2. The van der Waals surface area contributed by atoms with E-state index in [0.717, 1.165) is 6.07 Å². The van der Waals surface area contributed by atoms with Crippen molar-refractivity contribution >= 4 is 22.9 Å². The van der Waals surface area contributed by atoms with Crippen LogP contribution in [0.1, 0.15) is 49.6 Å². The Morgan fingerprint density at radius 1 is 1.13 bits per heavy atom. The van der Waals surface area contributed by atoms with Gasteiger partial charge in [0.25, 0.3) is 5.91 Å². The fourth-order valence-electron chi connectivity index (χ4n) is 4.36. The van der Waals surface area contributed by atoms with Crippen molar-refractivity contribution in [3.05, 3.63) is 41.4 Å². The van der Waals surface area contributed by atoms with Gasteiger partial charge in [0.15, 0.2) is 11.5 Å². The van der Waals surface area contributed by atoms with Gasteiger partial charge in [-0.15, -0.1) is 0 Å². The summed E-state index contributed by atoms with van der Waals surface area (Å²) in [5, 5.41) is 0.297. The average Bonchev–Trinajstić information content (AvgIpc) is 3.29. The zero-order valence-corrected chi connectivity index (χ0v) is 22.3. The lowest BCUT2D eigenvalue weighted by molar-refractivity contribution is -0.140. The van der Waals surface area contributed by atoms with E-state index >= 15 is 0 Å². The van der Waals surface area contributed by atoms with Crippen LogP contribution in [-0.2, 0) is 17.5 Å². The number of methoxy groups -OCH3 is 1. The number of pyridine rings is 1. The van der Waals surface area contributed by atoms with Crippen LogP contribution in [0.5, 0.6) is 5.75 Å². The first-order valence-electron chi connectivity index (χ1n) is 12.3. The van der Waals surface area contributed by atoms with Crippen molar-refractivity contribution in [3.63, 3.8) is 0 Å². The number of amides is 2. The molecule has 2 amide bonds. The second kappa shape index (κ2) is 10.4. The summed E-state index contributed by atoms with van der Waals surface area (Å²) in [4.78, 5) is 37.3. The van der Waals surface area contributed by atoms with Crippen molar-refractivity contribution in [3.8, 4) is 17.2 Å². The summed E-state index contributed by atoms with van der Waals surface area (Å²) in [6.45, 7) is 7.76. The van der Waals surface area contributed by atoms with Crippen LogP contribution in [0.3, 0.4) is 0 Å². The van der Waals surface area contributed by atoms with Crippen LogP contribution in [0, 0.1) is 0 Å². The second-order valence-corrected chi connectivity index (χ2v) is 10.2. The van der Waals surface area contributed by atoms with E-state index < -0.39 is 29.5 Å². The van der Waals surface area contributed by atoms with Gasteiger partial charge in [-0.05, 0) is 52.0 Å². The van der Waals surface area contributed by atoms with Crippen LogP contribution in [0.2, 0.25) is 0 Å². The molecule has 0 unspecified atom stereocenters. The van der Waals surface area contributed by atoms with E-state index in [1.807, 2.05) is 6.92 Å². The largest absolute Gasteiger partial charge is 0.494 e. The van der Waals surface area contributed by atoms with Crippen molar-refractivity contribution < 1.29 is 36.7 Å². The van der Waals surface area contributed by atoms with Gasteiger partial charge in [0.2, 0.25) is 5.89 Å². The molecular weight excluding hydrogens is 519 g/mol. The molecule has 1 fully saturated rings. The predicted octanol–water partition coefficient (Wildman–Crippen LogP) is 4.46. The molecule has 1 aromatic carbocycles. The number of oxazole rings is 1. The van der Waals surface area contributed by atoms with Gasteiger partial charge < -0.3 is 29.4 Å². The normalized spacial score (nSPS) is 16.5. The number of fused-ring (bicyclic) bond motifs is 1. The number of ether oxygens (including phenoxy) is 2. The van der Waals surface area contributed by atoms with E-state index in [2.05, 4.69) is 9.97 Å². The summed E-state index contributed by atoms with van der Waals surface area (Å²) in [5.41, 5.74) is 4.42. The fraction of sp³-hybridized carbons (Fsp3) is 0.462. The highest BCUT2D eigenvalue weighted by Gasteiger charge is 2.35. The lowest BCUT2D eigenvalue weighted by Crippen LogP contribution is -2.56. The van der Waals surface area contributed by atoms with E-state index in [0.29, 0.717) is 10.9 Å². The Bertz CT molecular complexity index is 1400. The quantitative estimate of drug-likeness (QED) is 0.506. The first kappa shape index (κ1) is 28.1. The third kappa shape index (κ3) is 5.77. The van der Waals surface area contributed by atoms with E-state index in [1.54, 1.807) is 36.6 Å². The molecule has 210 valence electrons. The monoisotopic (exact) mass is 549 g/mol. The standard InChI is InChI=1S/C26H30F3N5O5/c1-14-13-33(10-11-34(14)24(36)39-25(2,3)4)23(35)21-18(12-30)38-22(32-21)16-6-8-17(37-5)20-15(16)7-9-19(31-20)26(27,28)29/h6-9,14H,10-13,30H2,1-5H3/t14-/m0/s1. The number of halogens is 3. The SMILES string of the molecule is COc1ccc(-c2nc(C(=O)N3CCN(C(=O)OC(C)(C)C)[C@@H](C)C3)c(CN)o2)c2ccc(C(F)(F)F)nc12. The van der Waals surface area contributed by atoms with Gasteiger partial charge in [0.1, 0.15) is 22.6 Å². The van der Waals surface area contributed by atoms with Gasteiger partial charge in [-0.25, -0.2) is 14.8 Å². The van der Waals surface area contributed by atoms with Crippen molar-refractivity contribution in [1.29, 1.82) is 0 Å². The number of nitrogens with zero attached hydrogens (tertiary/aromatic N) is 4. The van der Waals surface area contributed by atoms with Crippen LogP contribution in [0.25, 0.3) is 22.4 Å². The maximum absolute atomic E-state index is 13.4. The third-order valence-electron chi connectivity index (χ3n) is 6.19. The fourth-order valence-corrected chi connectivity index (χ4v) is 4.36. The summed E-state index contributed by atoms with van der Waals surface area (Å²) in [6, 6.07) is 4.82. The number of nitrogens with two attached hydrogens (primary N) is 1. The van der Waals surface area contributed by atoms with E-state index in [-0.39, 0.29) is 60.8 Å². The lowest BCUT2D eigenvalue weighted by Gasteiger charge is -2.40. The Balaban J connectivity index is 1.64. The summed E-state index contributed by atoms with van der Waals surface area (Å²) in [5.74, 6) is -0.162. The maximum atomic E-state index is 13.4. The number of aromatic nitrogens is 2. The van der Waals surface area contributed by atoms with Gasteiger partial charge in [-0.3, -0.25) is 4.79 Å². The molecule has 0 spiro atoms. The van der Waals surface area contributed by atoms with Gasteiger partial charge in [0, 0.05) is 36.6 Å². The van der Waals surface area contributed by atoms with Gasteiger partial charge in [-0.1, -0.05) is 0 Å². The Morgan fingerprint density at radius 2 is 1.85 bits per heavy atom. The minimum Gasteiger partial charge on any atom is -0.494 e. The number of piperazine rings is 1. The minimum absolute atomic E-state index is 0.00532. The van der Waals surface area contributed by atoms with Gasteiger partial charge in [-0.2, -0.15) is 13.2 Å². The van der Waals surface area contributed by atoms with Crippen LogP contribution in [-0.4, -0.2) is 70.2 Å². The number of carbonyl (C=O) groups excluding carboxylic acids is 2. The Labute approximate surface area is 222 Å². The minimum atomic E-state index is -4.64. The molecule has 0 bridgehead atoms. The molecule has 0 aliphatic carbocycles. The van der Waals surface area contributed by atoms with E-state index in [9.17, 15) is 22.8 Å². The molecule has 3 heterocycles. The number of hydrogen-bond donors (Lipinski definition) is 1. The molecule has 39 heavy (non-hydrogen) atoms. The number of alkyl halides is 3. The molecule has 2 aromatic heterocycles. The summed E-state index contributed by atoms with van der Waals surface area (Å²) < 4.78 is 56.4.